The van der Waals surface area contributed by atoms with E-state index in [-0.39, 0.29) is 0 Å². The number of carbonyl (C=O) groups is 1. The fraction of sp³-hybridized carbons (Fsp3) is 0.0500. The monoisotopic (exact) mass is 337 g/mol. The molecule has 2 N–H and O–H groups in total. The summed E-state index contributed by atoms with van der Waals surface area (Å²) in [5.74, 6) is -0.0881. The van der Waals surface area contributed by atoms with Crippen LogP contribution in [-0.4, -0.2) is 11.1 Å². The molecule has 3 aromatic rings. The van der Waals surface area contributed by atoms with Crippen molar-refractivity contribution in [3.8, 4) is 11.5 Å². The van der Waals surface area contributed by atoms with Gasteiger partial charge in [-0.1, -0.05) is 30.3 Å². The number of hydrogen-bond donors (Lipinski definition) is 2. The minimum absolute atomic E-state index is 0.407. The van der Waals surface area contributed by atoms with E-state index in [1.807, 2.05) is 30.3 Å². The van der Waals surface area contributed by atoms with Crippen LogP contribution < -0.4 is 10.1 Å². The topological polar surface area (TPSA) is 58.6 Å². The molecule has 3 aromatic carbocycles. The Balaban J connectivity index is 1.72. The van der Waals surface area contributed by atoms with Crippen LogP contribution in [0.3, 0.4) is 0 Å². The first-order valence-electron chi connectivity index (χ1n) is 7.69. The number of carboxylic acid groups (broad SMARTS) is 1. The van der Waals surface area contributed by atoms with Crippen molar-refractivity contribution >= 4 is 11.7 Å². The van der Waals surface area contributed by atoms with Gasteiger partial charge in [0, 0.05) is 5.69 Å². The van der Waals surface area contributed by atoms with Crippen molar-refractivity contribution in [3.63, 3.8) is 0 Å². The summed E-state index contributed by atoms with van der Waals surface area (Å²) in [6.07, 6.45) is 0. The van der Waals surface area contributed by atoms with Crippen LogP contribution in [0.1, 0.15) is 11.6 Å². The maximum atomic E-state index is 13.0. The highest BCUT2D eigenvalue weighted by molar-refractivity contribution is 5.79. The number of hydrogen-bond acceptors (Lipinski definition) is 3. The van der Waals surface area contributed by atoms with E-state index in [4.69, 9.17) is 4.74 Å². The number of rotatable bonds is 6. The molecule has 0 aromatic heterocycles. The van der Waals surface area contributed by atoms with Crippen LogP contribution in [0.15, 0.2) is 78.9 Å². The number of halogens is 1. The summed E-state index contributed by atoms with van der Waals surface area (Å²) >= 11 is 0. The van der Waals surface area contributed by atoms with Crippen LogP contribution in [0, 0.1) is 5.82 Å². The highest BCUT2D eigenvalue weighted by atomic mass is 19.1. The Labute approximate surface area is 144 Å². The van der Waals surface area contributed by atoms with Crippen molar-refractivity contribution in [2.24, 2.45) is 0 Å². The van der Waals surface area contributed by atoms with Crippen molar-refractivity contribution in [3.05, 3.63) is 90.2 Å². The van der Waals surface area contributed by atoms with Crippen LogP contribution in [0.25, 0.3) is 0 Å². The van der Waals surface area contributed by atoms with E-state index in [2.05, 4.69) is 5.32 Å². The predicted molar refractivity (Wildman–Crippen MR) is 93.4 cm³/mol. The van der Waals surface area contributed by atoms with Gasteiger partial charge in [0.1, 0.15) is 17.3 Å². The number of carboxylic acids is 1. The molecule has 0 heterocycles. The highest BCUT2D eigenvalue weighted by Crippen LogP contribution is 2.25. The molecule has 0 saturated heterocycles. The SMILES string of the molecule is O=C(O)C(Nc1ccc(Oc2ccccc2)cc1)c1ccc(F)cc1. The lowest BCUT2D eigenvalue weighted by atomic mass is 10.1. The van der Waals surface area contributed by atoms with Crippen LogP contribution in [0.4, 0.5) is 10.1 Å². The molecule has 0 aliphatic rings. The number of benzene rings is 3. The summed E-state index contributed by atoms with van der Waals surface area (Å²) in [6.45, 7) is 0. The largest absolute Gasteiger partial charge is 0.479 e. The van der Waals surface area contributed by atoms with E-state index in [1.54, 1.807) is 24.3 Å². The van der Waals surface area contributed by atoms with Gasteiger partial charge in [-0.3, -0.25) is 0 Å². The maximum Gasteiger partial charge on any atom is 0.330 e. The summed E-state index contributed by atoms with van der Waals surface area (Å²) in [5.41, 5.74) is 1.09. The Bertz CT molecular complexity index is 833. The van der Waals surface area contributed by atoms with E-state index in [9.17, 15) is 14.3 Å². The molecule has 1 unspecified atom stereocenters. The van der Waals surface area contributed by atoms with Gasteiger partial charge >= 0.3 is 5.97 Å². The normalized spacial score (nSPS) is 11.6. The molecule has 0 spiro atoms. The Morgan fingerprint density at radius 2 is 1.48 bits per heavy atom. The Morgan fingerprint density at radius 1 is 0.880 bits per heavy atom. The first kappa shape index (κ1) is 16.5. The van der Waals surface area contributed by atoms with Crippen LogP contribution in [0.2, 0.25) is 0 Å². The molecule has 0 aliphatic carbocycles. The summed E-state index contributed by atoms with van der Waals surface area (Å²) < 4.78 is 18.7. The summed E-state index contributed by atoms with van der Waals surface area (Å²) in [6, 6.07) is 20.7. The molecule has 0 aliphatic heterocycles. The second-order valence-corrected chi connectivity index (χ2v) is 5.41. The van der Waals surface area contributed by atoms with Gasteiger partial charge in [-0.15, -0.1) is 0 Å². The molecular formula is C20H16FNO3. The summed E-state index contributed by atoms with van der Waals surface area (Å²) in [5, 5.41) is 12.4. The van der Waals surface area contributed by atoms with Crippen LogP contribution in [0.5, 0.6) is 11.5 Å². The Hall–Kier alpha value is -3.34. The van der Waals surface area contributed by atoms with Gasteiger partial charge in [-0.2, -0.15) is 0 Å². The molecule has 0 saturated carbocycles. The van der Waals surface area contributed by atoms with E-state index >= 15 is 0 Å². The highest BCUT2D eigenvalue weighted by Gasteiger charge is 2.19. The third-order valence-electron chi connectivity index (χ3n) is 3.59. The smallest absolute Gasteiger partial charge is 0.330 e. The van der Waals surface area contributed by atoms with E-state index in [0.29, 0.717) is 17.0 Å². The maximum absolute atomic E-state index is 13.0. The molecule has 0 amide bonds. The van der Waals surface area contributed by atoms with Gasteiger partial charge in [0.25, 0.3) is 0 Å². The van der Waals surface area contributed by atoms with Crippen molar-refractivity contribution < 1.29 is 19.0 Å². The lowest BCUT2D eigenvalue weighted by molar-refractivity contribution is -0.138. The van der Waals surface area contributed by atoms with Gasteiger partial charge in [-0.25, -0.2) is 9.18 Å². The quantitative estimate of drug-likeness (QED) is 0.675. The van der Waals surface area contributed by atoms with Crippen LogP contribution >= 0.6 is 0 Å². The lowest BCUT2D eigenvalue weighted by Gasteiger charge is -2.16. The van der Waals surface area contributed by atoms with E-state index < -0.39 is 17.8 Å². The van der Waals surface area contributed by atoms with Gasteiger partial charge in [0.05, 0.1) is 0 Å². The molecular weight excluding hydrogens is 321 g/mol. The van der Waals surface area contributed by atoms with Crippen molar-refractivity contribution in [2.75, 3.05) is 5.32 Å². The van der Waals surface area contributed by atoms with Crippen molar-refractivity contribution in [1.29, 1.82) is 0 Å². The zero-order valence-electron chi connectivity index (χ0n) is 13.2. The summed E-state index contributed by atoms with van der Waals surface area (Å²) in [4.78, 5) is 11.5. The molecule has 126 valence electrons. The third-order valence-corrected chi connectivity index (χ3v) is 3.59. The number of para-hydroxylation sites is 1. The Morgan fingerprint density at radius 3 is 2.08 bits per heavy atom. The minimum Gasteiger partial charge on any atom is -0.479 e. The second kappa shape index (κ2) is 7.49. The molecule has 1 atom stereocenters. The van der Waals surface area contributed by atoms with Gasteiger partial charge in [-0.05, 0) is 54.1 Å². The van der Waals surface area contributed by atoms with Crippen molar-refractivity contribution in [2.45, 2.75) is 6.04 Å². The average molecular weight is 337 g/mol. The molecule has 3 rings (SSSR count). The van der Waals surface area contributed by atoms with E-state index in [0.717, 1.165) is 5.75 Å². The molecule has 0 radical (unpaired) electrons. The minimum atomic E-state index is -1.05. The van der Waals surface area contributed by atoms with Crippen molar-refractivity contribution in [1.82, 2.24) is 0 Å². The average Bonchev–Trinajstić information content (AvgIpc) is 2.63. The van der Waals surface area contributed by atoms with Crippen LogP contribution in [-0.2, 0) is 4.79 Å². The summed E-state index contributed by atoms with van der Waals surface area (Å²) in [7, 11) is 0. The predicted octanol–water partition coefficient (Wildman–Crippen LogP) is 4.86. The number of aliphatic carboxylic acids is 1. The zero-order chi connectivity index (χ0) is 17.6. The van der Waals surface area contributed by atoms with Gasteiger partial charge < -0.3 is 15.2 Å². The third kappa shape index (κ3) is 4.35. The Kier molecular flexibility index (Phi) is 4.95. The molecule has 4 nitrogen and oxygen atoms in total. The van der Waals surface area contributed by atoms with E-state index in [1.165, 1.54) is 24.3 Å². The fourth-order valence-electron chi connectivity index (χ4n) is 2.35. The zero-order valence-corrected chi connectivity index (χ0v) is 13.2. The number of nitrogens with one attached hydrogen (secondary N) is 1. The molecule has 25 heavy (non-hydrogen) atoms. The number of anilines is 1. The molecule has 0 bridgehead atoms. The number of ether oxygens (including phenoxy) is 1. The van der Waals surface area contributed by atoms with Gasteiger partial charge in [0.2, 0.25) is 0 Å². The second-order valence-electron chi connectivity index (χ2n) is 5.41. The first-order valence-corrected chi connectivity index (χ1v) is 7.69. The van der Waals surface area contributed by atoms with Gasteiger partial charge in [0.15, 0.2) is 6.04 Å². The molecule has 5 heteroatoms. The lowest BCUT2D eigenvalue weighted by Crippen LogP contribution is -2.20. The standard InChI is InChI=1S/C20H16FNO3/c21-15-8-6-14(7-9-15)19(20(23)24)22-16-10-12-18(13-11-16)25-17-4-2-1-3-5-17/h1-13,19,22H,(H,23,24). The first-order chi connectivity index (χ1) is 12.1. The fourth-order valence-corrected chi connectivity index (χ4v) is 2.35. The molecule has 0 fully saturated rings.